The van der Waals surface area contributed by atoms with Crippen LogP contribution >= 0.6 is 0 Å². The standard InChI is InChI=1S/C29H36F3N5O2/c1-19-14-37(18-27(33)38)17-23-12-21(5-7-25(19)23)28(39)34-24-6-4-22(26(13-24)29(30,31)32)16-36-10-8-35(9-11-36)15-20-2-3-20/h4-7,12-13,19-20H,2-3,8-11,14-18H2,1H3,(H2,33,38)(H,34,39)/t19-/m0/s1. The van der Waals surface area contributed by atoms with Gasteiger partial charge in [-0.1, -0.05) is 19.1 Å². The van der Waals surface area contributed by atoms with Gasteiger partial charge in [-0.15, -0.1) is 0 Å². The van der Waals surface area contributed by atoms with E-state index in [0.717, 1.165) is 55.8 Å². The van der Waals surface area contributed by atoms with Gasteiger partial charge in [0.25, 0.3) is 5.91 Å². The molecule has 2 aromatic carbocycles. The minimum atomic E-state index is -4.53. The summed E-state index contributed by atoms with van der Waals surface area (Å²) >= 11 is 0. The molecular weight excluding hydrogens is 507 g/mol. The van der Waals surface area contributed by atoms with Gasteiger partial charge in [-0.25, -0.2) is 0 Å². The van der Waals surface area contributed by atoms with Crippen LogP contribution in [-0.2, 0) is 24.1 Å². The molecular formula is C29H36F3N5O2. The first-order chi connectivity index (χ1) is 18.5. The predicted octanol–water partition coefficient (Wildman–Crippen LogP) is 3.89. The lowest BCUT2D eigenvalue weighted by molar-refractivity contribution is -0.138. The fourth-order valence-electron chi connectivity index (χ4n) is 5.79. The Labute approximate surface area is 227 Å². The highest BCUT2D eigenvalue weighted by atomic mass is 19.4. The first-order valence-corrected chi connectivity index (χ1v) is 13.6. The average Bonchev–Trinajstić information content (AvgIpc) is 3.69. The van der Waals surface area contributed by atoms with Gasteiger partial charge >= 0.3 is 6.18 Å². The van der Waals surface area contributed by atoms with Crippen LogP contribution in [0, 0.1) is 5.92 Å². The molecule has 1 atom stereocenters. The molecule has 1 aliphatic carbocycles. The number of hydrogen-bond donors (Lipinski definition) is 2. The van der Waals surface area contributed by atoms with Crippen molar-refractivity contribution in [2.45, 2.75) is 44.9 Å². The Morgan fingerprint density at radius 3 is 2.38 bits per heavy atom. The molecule has 10 heteroatoms. The Morgan fingerprint density at radius 2 is 1.72 bits per heavy atom. The number of amides is 2. The molecule has 2 heterocycles. The molecule has 0 radical (unpaired) electrons. The van der Waals surface area contributed by atoms with Gasteiger partial charge in [0.1, 0.15) is 0 Å². The van der Waals surface area contributed by atoms with Gasteiger partial charge in [0, 0.05) is 63.6 Å². The Balaban J connectivity index is 1.26. The third-order valence-electron chi connectivity index (χ3n) is 7.99. The number of nitrogens with zero attached hydrogens (tertiary/aromatic N) is 3. The summed E-state index contributed by atoms with van der Waals surface area (Å²) in [6, 6.07) is 9.37. The van der Waals surface area contributed by atoms with E-state index < -0.39 is 23.6 Å². The monoisotopic (exact) mass is 543 g/mol. The van der Waals surface area contributed by atoms with Crippen LogP contribution in [0.25, 0.3) is 0 Å². The number of nitrogens with two attached hydrogens (primary N) is 1. The van der Waals surface area contributed by atoms with Crippen molar-refractivity contribution in [2.24, 2.45) is 11.7 Å². The van der Waals surface area contributed by atoms with Crippen molar-refractivity contribution in [1.29, 1.82) is 0 Å². The van der Waals surface area contributed by atoms with E-state index in [-0.39, 0.29) is 30.3 Å². The maximum Gasteiger partial charge on any atom is 0.416 e. The van der Waals surface area contributed by atoms with Crippen LogP contribution in [0.1, 0.15) is 58.3 Å². The first-order valence-electron chi connectivity index (χ1n) is 13.6. The molecule has 2 amide bonds. The quantitative estimate of drug-likeness (QED) is 0.528. The van der Waals surface area contributed by atoms with Gasteiger partial charge in [0.15, 0.2) is 0 Å². The van der Waals surface area contributed by atoms with Crippen molar-refractivity contribution in [3.05, 3.63) is 64.2 Å². The average molecular weight is 544 g/mol. The van der Waals surface area contributed by atoms with E-state index in [2.05, 4.69) is 15.1 Å². The van der Waals surface area contributed by atoms with Crippen LogP contribution in [0.4, 0.5) is 18.9 Å². The molecule has 3 N–H and O–H groups in total. The zero-order chi connectivity index (χ0) is 27.7. The molecule has 7 nitrogen and oxygen atoms in total. The summed E-state index contributed by atoms with van der Waals surface area (Å²) in [5, 5.41) is 2.65. The van der Waals surface area contributed by atoms with E-state index in [1.807, 2.05) is 17.9 Å². The van der Waals surface area contributed by atoms with Gasteiger partial charge in [-0.3, -0.25) is 19.4 Å². The Hall–Kier alpha value is -2.95. The molecule has 2 fully saturated rings. The number of carbonyl (C=O) groups excluding carboxylic acids is 2. The van der Waals surface area contributed by atoms with Crippen LogP contribution in [0.3, 0.4) is 0 Å². The smallest absolute Gasteiger partial charge is 0.369 e. The molecule has 39 heavy (non-hydrogen) atoms. The summed E-state index contributed by atoms with van der Waals surface area (Å²) in [5.41, 5.74) is 7.30. The summed E-state index contributed by atoms with van der Waals surface area (Å²) < 4.78 is 42.1. The number of fused-ring (bicyclic) bond motifs is 1. The lowest BCUT2D eigenvalue weighted by Crippen LogP contribution is -2.46. The highest BCUT2D eigenvalue weighted by Gasteiger charge is 2.35. The number of piperazine rings is 1. The number of alkyl halides is 3. The third kappa shape index (κ3) is 6.98. The lowest BCUT2D eigenvalue weighted by Gasteiger charge is -2.35. The second-order valence-corrected chi connectivity index (χ2v) is 11.3. The van der Waals surface area contributed by atoms with Crippen molar-refractivity contribution in [2.75, 3.05) is 51.1 Å². The molecule has 0 spiro atoms. The normalized spacial score (nSPS) is 21.0. The van der Waals surface area contributed by atoms with Gasteiger partial charge in [0.05, 0.1) is 12.1 Å². The first kappa shape index (κ1) is 27.6. The van der Waals surface area contributed by atoms with Crippen molar-refractivity contribution in [3.63, 3.8) is 0 Å². The second-order valence-electron chi connectivity index (χ2n) is 11.3. The van der Waals surface area contributed by atoms with Crippen molar-refractivity contribution < 1.29 is 22.8 Å². The molecule has 2 aromatic rings. The third-order valence-corrected chi connectivity index (χ3v) is 7.99. The van der Waals surface area contributed by atoms with Gasteiger partial charge in [0.2, 0.25) is 5.91 Å². The minimum absolute atomic E-state index is 0.103. The summed E-state index contributed by atoms with van der Waals surface area (Å²) in [6.07, 6.45) is -1.95. The van der Waals surface area contributed by atoms with E-state index in [1.54, 1.807) is 18.2 Å². The number of primary amides is 1. The van der Waals surface area contributed by atoms with Crippen molar-refractivity contribution in [3.8, 4) is 0 Å². The zero-order valence-corrected chi connectivity index (χ0v) is 22.3. The topological polar surface area (TPSA) is 81.9 Å². The van der Waals surface area contributed by atoms with E-state index >= 15 is 0 Å². The van der Waals surface area contributed by atoms with Crippen molar-refractivity contribution in [1.82, 2.24) is 14.7 Å². The van der Waals surface area contributed by atoms with E-state index in [1.165, 1.54) is 18.9 Å². The van der Waals surface area contributed by atoms with Crippen molar-refractivity contribution >= 4 is 17.5 Å². The van der Waals surface area contributed by atoms with E-state index in [0.29, 0.717) is 18.7 Å². The fraction of sp³-hybridized carbons (Fsp3) is 0.517. The van der Waals surface area contributed by atoms with Gasteiger partial charge < -0.3 is 16.0 Å². The van der Waals surface area contributed by atoms with Crippen LogP contribution in [0.5, 0.6) is 0 Å². The summed E-state index contributed by atoms with van der Waals surface area (Å²) in [6.45, 7) is 7.92. The Morgan fingerprint density at radius 1 is 1.00 bits per heavy atom. The molecule has 0 unspecified atom stereocenters. The largest absolute Gasteiger partial charge is 0.416 e. The Bertz CT molecular complexity index is 1220. The van der Waals surface area contributed by atoms with Crippen LogP contribution in [0.15, 0.2) is 36.4 Å². The molecule has 210 valence electrons. The molecule has 3 aliphatic rings. The predicted molar refractivity (Wildman–Crippen MR) is 143 cm³/mol. The van der Waals surface area contributed by atoms with Crippen LogP contribution in [-0.4, -0.2) is 72.3 Å². The summed E-state index contributed by atoms with van der Waals surface area (Å²) in [5.74, 6) is 0.0650. The van der Waals surface area contributed by atoms with Crippen LogP contribution in [0.2, 0.25) is 0 Å². The summed E-state index contributed by atoms with van der Waals surface area (Å²) in [4.78, 5) is 30.8. The van der Waals surface area contributed by atoms with Gasteiger partial charge in [-0.2, -0.15) is 13.2 Å². The number of hydrogen-bond acceptors (Lipinski definition) is 5. The Kier molecular flexibility index (Phi) is 7.98. The maximum atomic E-state index is 14.0. The molecule has 2 aliphatic heterocycles. The van der Waals surface area contributed by atoms with Crippen LogP contribution < -0.4 is 11.1 Å². The molecule has 0 aromatic heterocycles. The number of rotatable bonds is 8. The summed E-state index contributed by atoms with van der Waals surface area (Å²) in [7, 11) is 0. The number of halogens is 3. The number of carbonyl (C=O) groups is 2. The van der Waals surface area contributed by atoms with Gasteiger partial charge in [-0.05, 0) is 65.6 Å². The highest BCUT2D eigenvalue weighted by molar-refractivity contribution is 6.04. The lowest BCUT2D eigenvalue weighted by atomic mass is 9.89. The highest BCUT2D eigenvalue weighted by Crippen LogP contribution is 2.35. The number of anilines is 1. The number of benzene rings is 2. The zero-order valence-electron chi connectivity index (χ0n) is 22.3. The molecule has 1 saturated carbocycles. The number of nitrogens with one attached hydrogen (secondary N) is 1. The molecule has 0 bridgehead atoms. The molecule has 1 saturated heterocycles. The van der Waals surface area contributed by atoms with E-state index in [9.17, 15) is 22.8 Å². The maximum absolute atomic E-state index is 14.0. The fourth-order valence-corrected chi connectivity index (χ4v) is 5.79. The minimum Gasteiger partial charge on any atom is -0.369 e. The van der Waals surface area contributed by atoms with E-state index in [4.69, 9.17) is 5.73 Å². The molecule has 5 rings (SSSR count). The second kappa shape index (κ2) is 11.3. The SMILES string of the molecule is C[C@H]1CN(CC(N)=O)Cc2cc(C(=O)Nc3ccc(CN4CCN(CC5CC5)CC4)c(C(F)(F)F)c3)ccc21.